The molecular formula is C19H25N5O2. The summed E-state index contributed by atoms with van der Waals surface area (Å²) in [6, 6.07) is 1.93. The summed E-state index contributed by atoms with van der Waals surface area (Å²) in [6.07, 6.45) is 7.65. The number of fused-ring (bicyclic) bond motifs is 1. The first-order valence-corrected chi connectivity index (χ1v) is 9.48. The highest BCUT2D eigenvalue weighted by Gasteiger charge is 2.26. The Morgan fingerprint density at radius 3 is 2.54 bits per heavy atom. The van der Waals surface area contributed by atoms with Gasteiger partial charge in [0.2, 0.25) is 11.9 Å². The SMILES string of the molecule is Cc1cc(=O)n(C2CCCC2)c2nc(N3CCC(C(N)=O)CC3)ncc12. The van der Waals surface area contributed by atoms with Crippen LogP contribution in [0.3, 0.4) is 0 Å². The van der Waals surface area contributed by atoms with Crippen LogP contribution in [0.15, 0.2) is 17.1 Å². The molecule has 0 bridgehead atoms. The van der Waals surface area contributed by atoms with Crippen molar-refractivity contribution in [3.8, 4) is 0 Å². The molecule has 138 valence electrons. The molecule has 26 heavy (non-hydrogen) atoms. The van der Waals surface area contributed by atoms with Crippen molar-refractivity contribution in [2.24, 2.45) is 11.7 Å². The fourth-order valence-corrected chi connectivity index (χ4v) is 4.29. The van der Waals surface area contributed by atoms with Crippen LogP contribution in [0.5, 0.6) is 0 Å². The average Bonchev–Trinajstić information content (AvgIpc) is 3.15. The van der Waals surface area contributed by atoms with E-state index in [9.17, 15) is 9.59 Å². The van der Waals surface area contributed by atoms with E-state index in [-0.39, 0.29) is 23.4 Å². The van der Waals surface area contributed by atoms with E-state index in [1.807, 2.05) is 17.7 Å². The maximum Gasteiger partial charge on any atom is 0.252 e. The highest BCUT2D eigenvalue weighted by Crippen LogP contribution is 2.31. The number of carbonyl (C=O) groups is 1. The average molecular weight is 355 g/mol. The third-order valence-electron chi connectivity index (χ3n) is 5.86. The molecule has 4 rings (SSSR count). The number of amides is 1. The maximum absolute atomic E-state index is 12.7. The highest BCUT2D eigenvalue weighted by molar-refractivity contribution is 5.79. The molecule has 1 saturated heterocycles. The van der Waals surface area contributed by atoms with Crippen LogP contribution in [0.25, 0.3) is 11.0 Å². The van der Waals surface area contributed by atoms with Crippen molar-refractivity contribution < 1.29 is 4.79 Å². The summed E-state index contributed by atoms with van der Waals surface area (Å²) in [7, 11) is 0. The van der Waals surface area contributed by atoms with Gasteiger partial charge in [-0.2, -0.15) is 4.98 Å². The number of hydrogen-bond acceptors (Lipinski definition) is 5. The van der Waals surface area contributed by atoms with Crippen molar-refractivity contribution in [2.45, 2.75) is 51.5 Å². The van der Waals surface area contributed by atoms with Crippen molar-refractivity contribution in [3.05, 3.63) is 28.2 Å². The van der Waals surface area contributed by atoms with E-state index < -0.39 is 0 Å². The van der Waals surface area contributed by atoms with Crippen molar-refractivity contribution in [2.75, 3.05) is 18.0 Å². The molecule has 2 fully saturated rings. The minimum atomic E-state index is -0.227. The van der Waals surface area contributed by atoms with Gasteiger partial charge in [-0.1, -0.05) is 12.8 Å². The van der Waals surface area contributed by atoms with Gasteiger partial charge in [-0.25, -0.2) is 4.98 Å². The normalized spacial score (nSPS) is 19.3. The Hall–Kier alpha value is -2.44. The number of pyridine rings is 1. The molecule has 0 unspecified atom stereocenters. The second kappa shape index (κ2) is 6.70. The molecule has 1 aliphatic heterocycles. The molecule has 0 aromatic carbocycles. The second-order valence-corrected chi connectivity index (χ2v) is 7.54. The molecule has 0 spiro atoms. The Morgan fingerprint density at radius 1 is 1.19 bits per heavy atom. The van der Waals surface area contributed by atoms with Gasteiger partial charge in [-0.05, 0) is 38.2 Å². The van der Waals surface area contributed by atoms with Crippen molar-refractivity contribution in [1.82, 2.24) is 14.5 Å². The predicted octanol–water partition coefficient (Wildman–Crippen LogP) is 1.92. The Morgan fingerprint density at radius 2 is 1.88 bits per heavy atom. The molecular weight excluding hydrogens is 330 g/mol. The van der Waals surface area contributed by atoms with Crippen LogP contribution < -0.4 is 16.2 Å². The monoisotopic (exact) mass is 355 g/mol. The van der Waals surface area contributed by atoms with Crippen molar-refractivity contribution in [1.29, 1.82) is 0 Å². The summed E-state index contributed by atoms with van der Waals surface area (Å²) >= 11 is 0. The zero-order valence-electron chi connectivity index (χ0n) is 15.1. The van der Waals surface area contributed by atoms with E-state index in [1.54, 1.807) is 6.07 Å². The van der Waals surface area contributed by atoms with Gasteiger partial charge in [0.05, 0.1) is 0 Å². The molecule has 7 nitrogen and oxygen atoms in total. The number of aromatic nitrogens is 3. The molecule has 1 amide bonds. The number of primary amides is 1. The molecule has 2 N–H and O–H groups in total. The molecule has 1 aliphatic carbocycles. The first kappa shape index (κ1) is 17.0. The topological polar surface area (TPSA) is 94.1 Å². The van der Waals surface area contributed by atoms with E-state index >= 15 is 0 Å². The molecule has 1 saturated carbocycles. The fourth-order valence-electron chi connectivity index (χ4n) is 4.29. The molecule has 2 aromatic rings. The van der Waals surface area contributed by atoms with Gasteiger partial charge in [0, 0.05) is 42.7 Å². The van der Waals surface area contributed by atoms with Crippen LogP contribution >= 0.6 is 0 Å². The second-order valence-electron chi connectivity index (χ2n) is 7.54. The van der Waals surface area contributed by atoms with E-state index in [2.05, 4.69) is 9.88 Å². The first-order valence-electron chi connectivity index (χ1n) is 9.48. The van der Waals surface area contributed by atoms with E-state index in [4.69, 9.17) is 10.7 Å². The van der Waals surface area contributed by atoms with E-state index in [0.29, 0.717) is 19.0 Å². The van der Waals surface area contributed by atoms with Crippen LogP contribution in [0, 0.1) is 12.8 Å². The summed E-state index contributed by atoms with van der Waals surface area (Å²) in [5.74, 6) is 0.345. The number of hydrogen-bond donors (Lipinski definition) is 1. The Kier molecular flexibility index (Phi) is 4.38. The third-order valence-corrected chi connectivity index (χ3v) is 5.86. The summed E-state index contributed by atoms with van der Waals surface area (Å²) in [6.45, 7) is 3.35. The number of nitrogens with zero attached hydrogens (tertiary/aromatic N) is 4. The Balaban J connectivity index is 1.73. The largest absolute Gasteiger partial charge is 0.369 e. The van der Waals surface area contributed by atoms with Gasteiger partial charge in [0.25, 0.3) is 5.56 Å². The number of rotatable bonds is 3. The van der Waals surface area contributed by atoms with Gasteiger partial charge in [-0.15, -0.1) is 0 Å². The van der Waals surface area contributed by atoms with Crippen LogP contribution in [0.4, 0.5) is 5.95 Å². The maximum atomic E-state index is 12.7. The Bertz CT molecular complexity index is 893. The van der Waals surface area contributed by atoms with Crippen LogP contribution in [-0.2, 0) is 4.79 Å². The summed E-state index contributed by atoms with van der Waals surface area (Å²) < 4.78 is 1.87. The predicted molar refractivity (Wildman–Crippen MR) is 100 cm³/mol. The van der Waals surface area contributed by atoms with Gasteiger partial charge < -0.3 is 10.6 Å². The molecule has 0 radical (unpaired) electrons. The highest BCUT2D eigenvalue weighted by atomic mass is 16.1. The smallest absolute Gasteiger partial charge is 0.252 e. The molecule has 2 aliphatic rings. The number of nitrogens with two attached hydrogens (primary N) is 1. The zero-order valence-corrected chi connectivity index (χ0v) is 15.1. The minimum Gasteiger partial charge on any atom is -0.369 e. The summed E-state index contributed by atoms with van der Waals surface area (Å²) in [5, 5.41) is 0.937. The summed E-state index contributed by atoms with van der Waals surface area (Å²) in [5.41, 5.74) is 7.10. The number of carbonyl (C=O) groups excluding carboxylic acids is 1. The molecule has 0 atom stereocenters. The van der Waals surface area contributed by atoms with Gasteiger partial charge in [0.15, 0.2) is 0 Å². The lowest BCUT2D eigenvalue weighted by Crippen LogP contribution is -2.39. The quantitative estimate of drug-likeness (QED) is 0.908. The van der Waals surface area contributed by atoms with Crippen LogP contribution in [0.2, 0.25) is 0 Å². The Labute approximate surface area is 152 Å². The lowest BCUT2D eigenvalue weighted by molar-refractivity contribution is -0.122. The zero-order chi connectivity index (χ0) is 18.3. The number of aryl methyl sites for hydroxylation is 1. The summed E-state index contributed by atoms with van der Waals surface area (Å²) in [4.78, 5) is 35.5. The lowest BCUT2D eigenvalue weighted by Gasteiger charge is -2.30. The number of anilines is 1. The van der Waals surface area contributed by atoms with E-state index in [1.165, 1.54) is 0 Å². The number of piperidine rings is 1. The van der Waals surface area contributed by atoms with Crippen molar-refractivity contribution in [3.63, 3.8) is 0 Å². The van der Waals surface area contributed by atoms with Gasteiger partial charge in [-0.3, -0.25) is 14.2 Å². The standard InChI is InChI=1S/C19H25N5O2/c1-12-10-16(25)24(14-4-2-3-5-14)18-15(12)11-21-19(22-18)23-8-6-13(7-9-23)17(20)26/h10-11,13-14H,2-9H2,1H3,(H2,20,26). The fraction of sp³-hybridized carbons (Fsp3) is 0.579. The molecule has 2 aromatic heterocycles. The van der Waals surface area contributed by atoms with Gasteiger partial charge >= 0.3 is 0 Å². The first-order chi connectivity index (χ1) is 12.5. The lowest BCUT2D eigenvalue weighted by atomic mass is 9.96. The molecule has 3 heterocycles. The van der Waals surface area contributed by atoms with Gasteiger partial charge in [0.1, 0.15) is 5.65 Å². The van der Waals surface area contributed by atoms with Crippen LogP contribution in [0.1, 0.15) is 50.1 Å². The third kappa shape index (κ3) is 2.95. The van der Waals surface area contributed by atoms with Crippen LogP contribution in [-0.4, -0.2) is 33.5 Å². The minimum absolute atomic E-state index is 0.0268. The molecule has 7 heteroatoms. The van der Waals surface area contributed by atoms with Crippen molar-refractivity contribution >= 4 is 22.9 Å². The van der Waals surface area contributed by atoms with E-state index in [0.717, 1.165) is 55.1 Å².